The molecule has 0 spiro atoms. The predicted octanol–water partition coefficient (Wildman–Crippen LogP) is 1.61. The van der Waals surface area contributed by atoms with Crippen LogP contribution in [0.2, 0.25) is 0 Å². The number of nitro groups is 1. The maximum atomic E-state index is 10.8. The molecule has 1 aromatic carbocycles. The topological polar surface area (TPSA) is 97.3 Å². The highest BCUT2D eigenvalue weighted by atomic mass is 79.9. The summed E-state index contributed by atoms with van der Waals surface area (Å²) in [7, 11) is 0. The molecule has 1 heterocycles. The minimum atomic E-state index is -0.525. The van der Waals surface area contributed by atoms with E-state index in [2.05, 4.69) is 26.0 Å². The van der Waals surface area contributed by atoms with Gasteiger partial charge >= 0.3 is 5.69 Å². The molecule has 1 aromatic heterocycles. The molecule has 0 saturated carbocycles. The first-order chi connectivity index (χ1) is 7.61. The van der Waals surface area contributed by atoms with Crippen molar-refractivity contribution in [2.24, 2.45) is 10.9 Å². The number of halogens is 1. The summed E-state index contributed by atoms with van der Waals surface area (Å²) in [5, 5.41) is 14.8. The number of nitrogens with one attached hydrogen (secondary N) is 1. The highest BCUT2D eigenvalue weighted by Crippen LogP contribution is 2.19. The van der Waals surface area contributed by atoms with Crippen molar-refractivity contribution in [3.05, 3.63) is 44.3 Å². The Morgan fingerprint density at radius 3 is 2.81 bits per heavy atom. The highest BCUT2D eigenvalue weighted by molar-refractivity contribution is 9.10. The predicted molar refractivity (Wildman–Crippen MR) is 62.4 cm³/mol. The van der Waals surface area contributed by atoms with Crippen molar-refractivity contribution in [3.63, 3.8) is 0 Å². The lowest BCUT2D eigenvalue weighted by atomic mass is 10.2. The van der Waals surface area contributed by atoms with Gasteiger partial charge in [0.05, 0.1) is 4.92 Å². The number of H-pyrrole nitrogens is 1. The Balaban J connectivity index is 2.86. The highest BCUT2D eigenvalue weighted by Gasteiger charge is 2.11. The lowest BCUT2D eigenvalue weighted by Gasteiger charge is -1.99. The molecule has 2 aromatic rings. The van der Waals surface area contributed by atoms with E-state index in [1.54, 1.807) is 12.1 Å². The second-order valence-corrected chi connectivity index (χ2v) is 4.04. The van der Waals surface area contributed by atoms with Crippen LogP contribution < -0.4 is 11.3 Å². The summed E-state index contributed by atoms with van der Waals surface area (Å²) in [4.78, 5) is 13.0. The summed E-state index contributed by atoms with van der Waals surface area (Å²) in [5.41, 5.74) is 0.644. The van der Waals surface area contributed by atoms with E-state index in [1.165, 1.54) is 6.07 Å². The SMILES string of the molecule is N/N=c1\[nH]c2ccc(Br)cc2cc1[N+](=O)[O-]. The molecule has 2 rings (SSSR count). The Kier molecular flexibility index (Phi) is 2.61. The van der Waals surface area contributed by atoms with Crippen molar-refractivity contribution in [3.8, 4) is 0 Å². The van der Waals surface area contributed by atoms with Crippen molar-refractivity contribution >= 4 is 32.5 Å². The Morgan fingerprint density at radius 2 is 2.19 bits per heavy atom. The molecule has 0 unspecified atom stereocenters. The van der Waals surface area contributed by atoms with Crippen molar-refractivity contribution in [2.45, 2.75) is 0 Å². The van der Waals surface area contributed by atoms with Crippen LogP contribution in [0, 0.1) is 10.1 Å². The Morgan fingerprint density at radius 1 is 1.44 bits per heavy atom. The molecule has 6 nitrogen and oxygen atoms in total. The first-order valence-electron chi connectivity index (χ1n) is 4.32. The average Bonchev–Trinajstić information content (AvgIpc) is 2.27. The molecule has 82 valence electrons. The van der Waals surface area contributed by atoms with E-state index >= 15 is 0 Å². The van der Waals surface area contributed by atoms with Gasteiger partial charge in [-0.05, 0) is 18.2 Å². The fourth-order valence-corrected chi connectivity index (χ4v) is 1.79. The third-order valence-corrected chi connectivity index (χ3v) is 2.62. The van der Waals surface area contributed by atoms with Crippen molar-refractivity contribution < 1.29 is 4.92 Å². The Bertz CT molecular complexity index is 635. The van der Waals surface area contributed by atoms with E-state index < -0.39 is 4.92 Å². The van der Waals surface area contributed by atoms with Gasteiger partial charge in [-0.2, -0.15) is 5.10 Å². The monoisotopic (exact) mass is 282 g/mol. The number of aromatic nitrogens is 1. The molecule has 0 aliphatic rings. The molecule has 0 radical (unpaired) electrons. The van der Waals surface area contributed by atoms with Crippen LogP contribution in [0.3, 0.4) is 0 Å². The summed E-state index contributed by atoms with van der Waals surface area (Å²) in [5.74, 6) is 5.09. The van der Waals surface area contributed by atoms with E-state index in [1.807, 2.05) is 6.07 Å². The second-order valence-electron chi connectivity index (χ2n) is 3.12. The number of fused-ring (bicyclic) bond motifs is 1. The summed E-state index contributed by atoms with van der Waals surface area (Å²) >= 11 is 3.30. The number of nitrogens with two attached hydrogens (primary N) is 1. The number of aromatic amines is 1. The number of hydrogen-bond donors (Lipinski definition) is 2. The number of nitrogens with zero attached hydrogens (tertiary/aromatic N) is 2. The van der Waals surface area contributed by atoms with E-state index in [0.717, 1.165) is 9.99 Å². The summed E-state index contributed by atoms with van der Waals surface area (Å²) in [6.07, 6.45) is 0. The van der Waals surface area contributed by atoms with Crippen molar-refractivity contribution in [1.82, 2.24) is 4.98 Å². The fraction of sp³-hybridized carbons (Fsp3) is 0. The van der Waals surface area contributed by atoms with Crippen LogP contribution in [0.4, 0.5) is 5.69 Å². The van der Waals surface area contributed by atoms with Gasteiger partial charge in [0.25, 0.3) is 0 Å². The lowest BCUT2D eigenvalue weighted by molar-refractivity contribution is -0.386. The molecule has 16 heavy (non-hydrogen) atoms. The maximum Gasteiger partial charge on any atom is 0.314 e. The second kappa shape index (κ2) is 3.93. The third kappa shape index (κ3) is 1.76. The molecule has 0 fully saturated rings. The zero-order chi connectivity index (χ0) is 11.7. The smallest absolute Gasteiger partial charge is 0.314 e. The number of pyridine rings is 1. The van der Waals surface area contributed by atoms with E-state index in [9.17, 15) is 10.1 Å². The van der Waals surface area contributed by atoms with Crippen LogP contribution in [0.1, 0.15) is 0 Å². The van der Waals surface area contributed by atoms with Crippen LogP contribution in [0.5, 0.6) is 0 Å². The minimum Gasteiger partial charge on any atom is -0.333 e. The zero-order valence-electron chi connectivity index (χ0n) is 7.98. The van der Waals surface area contributed by atoms with Gasteiger partial charge < -0.3 is 10.8 Å². The molecular formula is C9H7BrN4O2. The normalized spacial score (nSPS) is 11.9. The zero-order valence-corrected chi connectivity index (χ0v) is 9.56. The molecule has 0 aliphatic heterocycles. The van der Waals surface area contributed by atoms with Crippen LogP contribution in [-0.2, 0) is 0 Å². The molecule has 3 N–H and O–H groups in total. The molecule has 0 amide bonds. The molecule has 0 saturated heterocycles. The first-order valence-corrected chi connectivity index (χ1v) is 5.12. The first kappa shape index (κ1) is 10.6. The molecule has 7 heteroatoms. The average molecular weight is 283 g/mol. The van der Waals surface area contributed by atoms with Crippen LogP contribution in [0.25, 0.3) is 10.9 Å². The lowest BCUT2D eigenvalue weighted by Crippen LogP contribution is -2.15. The third-order valence-electron chi connectivity index (χ3n) is 2.13. The molecular weight excluding hydrogens is 276 g/mol. The molecule has 0 bridgehead atoms. The maximum absolute atomic E-state index is 10.8. The quantitative estimate of drug-likeness (QED) is 0.472. The summed E-state index contributed by atoms with van der Waals surface area (Å²) in [6, 6.07) is 6.82. The van der Waals surface area contributed by atoms with Gasteiger partial charge in [-0.15, -0.1) is 0 Å². The van der Waals surface area contributed by atoms with Crippen molar-refractivity contribution in [2.75, 3.05) is 0 Å². The Hall–Kier alpha value is -1.89. The van der Waals surface area contributed by atoms with Gasteiger partial charge in [0.15, 0.2) is 0 Å². The van der Waals surface area contributed by atoms with Gasteiger partial charge in [-0.25, -0.2) is 0 Å². The van der Waals surface area contributed by atoms with Crippen LogP contribution in [0.15, 0.2) is 33.8 Å². The van der Waals surface area contributed by atoms with E-state index in [0.29, 0.717) is 5.39 Å². The van der Waals surface area contributed by atoms with Gasteiger partial charge in [0.2, 0.25) is 5.49 Å². The van der Waals surface area contributed by atoms with E-state index in [-0.39, 0.29) is 11.2 Å². The van der Waals surface area contributed by atoms with Gasteiger partial charge in [0, 0.05) is 21.4 Å². The minimum absolute atomic E-state index is 0.0554. The molecule has 0 atom stereocenters. The largest absolute Gasteiger partial charge is 0.333 e. The van der Waals surface area contributed by atoms with Gasteiger partial charge in [0.1, 0.15) is 0 Å². The van der Waals surface area contributed by atoms with Gasteiger partial charge in [-0.3, -0.25) is 10.1 Å². The Labute approximate surface area is 98.1 Å². The standard InChI is InChI=1S/C9H7BrN4O2/c10-6-1-2-7-5(3-6)4-8(14(15)16)9(12-7)13-11/h1-4H,11H2,(H,12,13). The van der Waals surface area contributed by atoms with Crippen LogP contribution in [-0.4, -0.2) is 9.91 Å². The number of hydrogen-bond acceptors (Lipinski definition) is 4. The number of benzene rings is 1. The number of rotatable bonds is 1. The van der Waals surface area contributed by atoms with Crippen molar-refractivity contribution in [1.29, 1.82) is 0 Å². The fourth-order valence-electron chi connectivity index (χ4n) is 1.41. The van der Waals surface area contributed by atoms with Crippen LogP contribution >= 0.6 is 15.9 Å². The summed E-state index contributed by atoms with van der Waals surface area (Å²) < 4.78 is 0.847. The van der Waals surface area contributed by atoms with Gasteiger partial charge in [-0.1, -0.05) is 15.9 Å². The molecule has 0 aliphatic carbocycles. The summed E-state index contributed by atoms with van der Waals surface area (Å²) in [6.45, 7) is 0. The van der Waals surface area contributed by atoms with E-state index in [4.69, 9.17) is 5.84 Å².